The normalized spacial score (nSPS) is 17.2. The highest BCUT2D eigenvalue weighted by Crippen LogP contribution is 2.13. The molecule has 0 spiro atoms. The number of carbonyl (C=O) groups excluding carboxylic acids is 2. The van der Waals surface area contributed by atoms with Crippen LogP contribution in [0.4, 0.5) is 0 Å². The Balaban J connectivity index is 1.41. The van der Waals surface area contributed by atoms with Crippen LogP contribution in [0.15, 0.2) is 53.1 Å². The fourth-order valence-corrected chi connectivity index (χ4v) is 2.99. The molecule has 1 N–H and O–H groups in total. The minimum Gasteiger partial charge on any atom is -0.469 e. The third-order valence-corrected chi connectivity index (χ3v) is 4.27. The Morgan fingerprint density at radius 3 is 2.75 bits per heavy atom. The average molecular weight is 326 g/mol. The molecule has 1 fully saturated rings. The van der Waals surface area contributed by atoms with Crippen LogP contribution in [0.3, 0.4) is 0 Å². The zero-order chi connectivity index (χ0) is 16.8. The molecule has 0 saturated carbocycles. The van der Waals surface area contributed by atoms with Crippen LogP contribution >= 0.6 is 0 Å². The van der Waals surface area contributed by atoms with Crippen molar-refractivity contribution in [3.63, 3.8) is 0 Å². The maximum atomic E-state index is 12.1. The number of aryl methyl sites for hydroxylation is 1. The molecule has 1 aliphatic rings. The van der Waals surface area contributed by atoms with E-state index < -0.39 is 0 Å². The Morgan fingerprint density at radius 2 is 2.00 bits per heavy atom. The van der Waals surface area contributed by atoms with Crippen LogP contribution in [-0.4, -0.2) is 35.8 Å². The summed E-state index contributed by atoms with van der Waals surface area (Å²) < 4.78 is 5.22. The molecule has 1 aliphatic heterocycles. The number of hydrogen-bond donors (Lipinski definition) is 1. The van der Waals surface area contributed by atoms with Crippen molar-refractivity contribution in [1.82, 2.24) is 10.2 Å². The number of nitrogens with one attached hydrogen (secondary N) is 1. The minimum absolute atomic E-state index is 0.0332. The van der Waals surface area contributed by atoms with Crippen LogP contribution in [0.5, 0.6) is 0 Å². The zero-order valence-corrected chi connectivity index (χ0v) is 13.6. The standard InChI is InChI=1S/C19H22N2O3/c22-18(9-8-17-7-4-12-24-17)20-16-13-19(23)21(14-16)11-10-15-5-2-1-3-6-15/h1-7,12,16H,8-11,13-14H2,(H,20,22)/t16-/m1/s1. The summed E-state index contributed by atoms with van der Waals surface area (Å²) in [6.45, 7) is 1.29. The first-order valence-corrected chi connectivity index (χ1v) is 8.34. The molecule has 1 aromatic heterocycles. The summed E-state index contributed by atoms with van der Waals surface area (Å²) in [5.74, 6) is 0.883. The molecular weight excluding hydrogens is 304 g/mol. The van der Waals surface area contributed by atoms with Crippen LogP contribution in [0, 0.1) is 0 Å². The van der Waals surface area contributed by atoms with Gasteiger partial charge in [0.05, 0.1) is 12.3 Å². The fraction of sp³-hybridized carbons (Fsp3) is 0.368. The number of nitrogens with zero attached hydrogens (tertiary/aromatic N) is 1. The highest BCUT2D eigenvalue weighted by atomic mass is 16.3. The number of furan rings is 1. The second kappa shape index (κ2) is 7.81. The van der Waals surface area contributed by atoms with Gasteiger partial charge in [-0.05, 0) is 24.1 Å². The Morgan fingerprint density at radius 1 is 1.17 bits per heavy atom. The van der Waals surface area contributed by atoms with Crippen molar-refractivity contribution < 1.29 is 14.0 Å². The van der Waals surface area contributed by atoms with Gasteiger partial charge in [0.25, 0.3) is 0 Å². The van der Waals surface area contributed by atoms with Gasteiger partial charge in [-0.3, -0.25) is 9.59 Å². The zero-order valence-electron chi connectivity index (χ0n) is 13.6. The molecule has 3 rings (SSSR count). The molecule has 0 radical (unpaired) electrons. The number of hydrogen-bond acceptors (Lipinski definition) is 3. The van der Waals surface area contributed by atoms with Crippen LogP contribution in [-0.2, 0) is 22.4 Å². The van der Waals surface area contributed by atoms with Crippen molar-refractivity contribution in [2.75, 3.05) is 13.1 Å². The van der Waals surface area contributed by atoms with Crippen LogP contribution in [0.25, 0.3) is 0 Å². The van der Waals surface area contributed by atoms with Gasteiger partial charge in [0.1, 0.15) is 5.76 Å². The number of likely N-dealkylation sites (tertiary alicyclic amines) is 1. The van der Waals surface area contributed by atoms with Gasteiger partial charge in [0.2, 0.25) is 11.8 Å². The molecule has 0 aliphatic carbocycles. The summed E-state index contributed by atoms with van der Waals surface area (Å²) >= 11 is 0. The molecule has 24 heavy (non-hydrogen) atoms. The number of carbonyl (C=O) groups is 2. The fourth-order valence-electron chi connectivity index (χ4n) is 2.99. The van der Waals surface area contributed by atoms with E-state index in [-0.39, 0.29) is 17.9 Å². The molecule has 5 heteroatoms. The lowest BCUT2D eigenvalue weighted by atomic mass is 10.1. The molecule has 0 unspecified atom stereocenters. The third-order valence-electron chi connectivity index (χ3n) is 4.27. The van der Waals surface area contributed by atoms with E-state index in [2.05, 4.69) is 17.4 Å². The Labute approximate surface area is 141 Å². The lowest BCUT2D eigenvalue weighted by Crippen LogP contribution is -2.37. The Kier molecular flexibility index (Phi) is 5.31. The quantitative estimate of drug-likeness (QED) is 0.848. The van der Waals surface area contributed by atoms with Crippen molar-refractivity contribution in [1.29, 1.82) is 0 Å². The van der Waals surface area contributed by atoms with E-state index in [1.807, 2.05) is 35.2 Å². The van der Waals surface area contributed by atoms with E-state index in [0.717, 1.165) is 12.2 Å². The van der Waals surface area contributed by atoms with Crippen LogP contribution < -0.4 is 5.32 Å². The molecule has 1 saturated heterocycles. The first kappa shape index (κ1) is 16.3. The Hall–Kier alpha value is -2.56. The maximum absolute atomic E-state index is 12.1. The summed E-state index contributed by atoms with van der Waals surface area (Å²) in [5.41, 5.74) is 1.22. The molecule has 1 atom stereocenters. The van der Waals surface area contributed by atoms with Crippen LogP contribution in [0.2, 0.25) is 0 Å². The maximum Gasteiger partial charge on any atom is 0.224 e. The summed E-state index contributed by atoms with van der Waals surface area (Å²) in [6.07, 6.45) is 3.79. The van der Waals surface area contributed by atoms with Gasteiger partial charge < -0.3 is 14.6 Å². The van der Waals surface area contributed by atoms with Gasteiger partial charge in [-0.25, -0.2) is 0 Å². The molecule has 1 aromatic carbocycles. The van der Waals surface area contributed by atoms with Crippen molar-refractivity contribution in [2.45, 2.75) is 31.7 Å². The van der Waals surface area contributed by atoms with Gasteiger partial charge in [0.15, 0.2) is 0 Å². The van der Waals surface area contributed by atoms with Crippen molar-refractivity contribution >= 4 is 11.8 Å². The second-order valence-corrected chi connectivity index (χ2v) is 6.12. The van der Waals surface area contributed by atoms with Gasteiger partial charge in [-0.15, -0.1) is 0 Å². The highest BCUT2D eigenvalue weighted by molar-refractivity contribution is 5.82. The lowest BCUT2D eigenvalue weighted by Gasteiger charge is -2.17. The van der Waals surface area contributed by atoms with Crippen molar-refractivity contribution in [3.8, 4) is 0 Å². The topological polar surface area (TPSA) is 62.6 Å². The predicted octanol–water partition coefficient (Wildman–Crippen LogP) is 2.17. The lowest BCUT2D eigenvalue weighted by molar-refractivity contribution is -0.127. The SMILES string of the molecule is O=C(CCc1ccco1)N[C@@H]1CC(=O)N(CCc2ccccc2)C1. The van der Waals surface area contributed by atoms with E-state index in [9.17, 15) is 9.59 Å². The molecule has 2 aromatic rings. The van der Waals surface area contributed by atoms with E-state index in [0.29, 0.717) is 32.4 Å². The summed E-state index contributed by atoms with van der Waals surface area (Å²) in [5, 5.41) is 2.96. The number of benzene rings is 1. The van der Waals surface area contributed by atoms with Crippen molar-refractivity contribution in [3.05, 3.63) is 60.1 Å². The molecule has 126 valence electrons. The monoisotopic (exact) mass is 326 g/mol. The van der Waals surface area contributed by atoms with E-state index in [1.54, 1.807) is 6.26 Å². The third kappa shape index (κ3) is 4.47. The largest absolute Gasteiger partial charge is 0.469 e. The van der Waals surface area contributed by atoms with E-state index in [1.165, 1.54) is 5.56 Å². The van der Waals surface area contributed by atoms with Gasteiger partial charge >= 0.3 is 0 Å². The van der Waals surface area contributed by atoms with Gasteiger partial charge in [0, 0.05) is 32.4 Å². The van der Waals surface area contributed by atoms with E-state index >= 15 is 0 Å². The molecule has 2 amide bonds. The van der Waals surface area contributed by atoms with Gasteiger partial charge in [-0.2, -0.15) is 0 Å². The first-order chi connectivity index (χ1) is 11.7. The summed E-state index contributed by atoms with van der Waals surface area (Å²) in [7, 11) is 0. The molecular formula is C19H22N2O3. The highest BCUT2D eigenvalue weighted by Gasteiger charge is 2.30. The number of rotatable bonds is 7. The minimum atomic E-state index is -0.0858. The van der Waals surface area contributed by atoms with Gasteiger partial charge in [-0.1, -0.05) is 30.3 Å². The predicted molar refractivity (Wildman–Crippen MR) is 90.3 cm³/mol. The first-order valence-electron chi connectivity index (χ1n) is 8.34. The second-order valence-electron chi connectivity index (χ2n) is 6.12. The molecule has 5 nitrogen and oxygen atoms in total. The average Bonchev–Trinajstić information content (AvgIpc) is 3.22. The molecule has 2 heterocycles. The number of amides is 2. The summed E-state index contributed by atoms with van der Waals surface area (Å²) in [4.78, 5) is 25.9. The smallest absolute Gasteiger partial charge is 0.224 e. The molecule has 0 bridgehead atoms. The van der Waals surface area contributed by atoms with E-state index in [4.69, 9.17) is 4.42 Å². The Bertz CT molecular complexity index is 667. The van der Waals surface area contributed by atoms with Crippen LogP contribution in [0.1, 0.15) is 24.2 Å². The summed E-state index contributed by atoms with van der Waals surface area (Å²) in [6, 6.07) is 13.7. The van der Waals surface area contributed by atoms with Crippen molar-refractivity contribution in [2.24, 2.45) is 0 Å².